The fourth-order valence-electron chi connectivity index (χ4n) is 2.22. The van der Waals surface area contributed by atoms with Crippen LogP contribution in [0, 0.1) is 12.7 Å². The summed E-state index contributed by atoms with van der Waals surface area (Å²) in [5, 5.41) is 3.19. The summed E-state index contributed by atoms with van der Waals surface area (Å²) in [6.45, 7) is 4.69. The van der Waals surface area contributed by atoms with Crippen LogP contribution in [-0.4, -0.2) is 38.1 Å². The van der Waals surface area contributed by atoms with Gasteiger partial charge in [0.15, 0.2) is 0 Å². The monoisotopic (exact) mass is 322 g/mol. The standard InChI is InChI=1S/C14H18F4N2S/c1-10-8-11(15)12(20-5-3-19-4-6-20)9-13(10)21-7-2-14(16,17)18/h8-9,19H,2-7H2,1H3. The summed E-state index contributed by atoms with van der Waals surface area (Å²) in [4.78, 5) is 2.65. The highest BCUT2D eigenvalue weighted by atomic mass is 32.2. The summed E-state index contributed by atoms with van der Waals surface area (Å²) in [7, 11) is 0. The molecule has 118 valence electrons. The number of alkyl halides is 3. The Labute approximate surface area is 125 Å². The Morgan fingerprint density at radius 2 is 1.90 bits per heavy atom. The normalized spacial score (nSPS) is 16.3. The van der Waals surface area contributed by atoms with E-state index >= 15 is 0 Å². The van der Waals surface area contributed by atoms with Crippen molar-refractivity contribution >= 4 is 17.4 Å². The second-order valence-electron chi connectivity index (χ2n) is 5.02. The third-order valence-electron chi connectivity index (χ3n) is 3.35. The first-order chi connectivity index (χ1) is 9.87. The number of halogens is 4. The number of nitrogens with one attached hydrogen (secondary N) is 1. The van der Waals surface area contributed by atoms with Gasteiger partial charge >= 0.3 is 6.18 Å². The van der Waals surface area contributed by atoms with Gasteiger partial charge < -0.3 is 10.2 Å². The summed E-state index contributed by atoms with van der Waals surface area (Å²) >= 11 is 1.13. The summed E-state index contributed by atoms with van der Waals surface area (Å²) in [5.74, 6) is -0.355. The lowest BCUT2D eigenvalue weighted by molar-refractivity contribution is -0.129. The molecule has 0 amide bonds. The molecule has 0 bridgehead atoms. The lowest BCUT2D eigenvalue weighted by Crippen LogP contribution is -2.43. The minimum absolute atomic E-state index is 0.0447. The second kappa shape index (κ2) is 6.87. The van der Waals surface area contributed by atoms with Gasteiger partial charge in [-0.25, -0.2) is 4.39 Å². The van der Waals surface area contributed by atoms with Crippen LogP contribution in [0.4, 0.5) is 23.2 Å². The molecule has 1 fully saturated rings. The number of benzene rings is 1. The number of rotatable bonds is 4. The van der Waals surface area contributed by atoms with Crippen LogP contribution in [0.1, 0.15) is 12.0 Å². The van der Waals surface area contributed by atoms with E-state index in [0.717, 1.165) is 24.9 Å². The zero-order valence-electron chi connectivity index (χ0n) is 11.8. The molecule has 0 aromatic heterocycles. The van der Waals surface area contributed by atoms with E-state index in [1.54, 1.807) is 13.0 Å². The van der Waals surface area contributed by atoms with Crippen molar-refractivity contribution < 1.29 is 17.6 Å². The van der Waals surface area contributed by atoms with E-state index < -0.39 is 12.6 Å². The number of thioether (sulfide) groups is 1. The zero-order valence-corrected chi connectivity index (χ0v) is 12.6. The van der Waals surface area contributed by atoms with Crippen molar-refractivity contribution in [3.63, 3.8) is 0 Å². The molecule has 0 saturated carbocycles. The van der Waals surface area contributed by atoms with E-state index in [1.165, 1.54) is 6.07 Å². The molecule has 1 aromatic rings. The topological polar surface area (TPSA) is 15.3 Å². The van der Waals surface area contributed by atoms with Crippen molar-refractivity contribution in [2.24, 2.45) is 0 Å². The van der Waals surface area contributed by atoms with Gasteiger partial charge in [-0.15, -0.1) is 11.8 Å². The zero-order chi connectivity index (χ0) is 15.5. The van der Waals surface area contributed by atoms with Gasteiger partial charge in [0, 0.05) is 36.8 Å². The molecule has 0 aliphatic carbocycles. The first kappa shape index (κ1) is 16.4. The highest BCUT2D eigenvalue weighted by Crippen LogP contribution is 2.32. The predicted octanol–water partition coefficient (Wildman–Crippen LogP) is 3.59. The van der Waals surface area contributed by atoms with Crippen LogP contribution in [-0.2, 0) is 0 Å². The fourth-order valence-corrected chi connectivity index (χ4v) is 3.26. The lowest BCUT2D eigenvalue weighted by Gasteiger charge is -2.30. The Balaban J connectivity index is 2.10. The molecule has 1 N–H and O–H groups in total. The van der Waals surface area contributed by atoms with E-state index in [2.05, 4.69) is 5.32 Å². The van der Waals surface area contributed by atoms with E-state index in [0.29, 0.717) is 29.2 Å². The van der Waals surface area contributed by atoms with Crippen LogP contribution in [0.3, 0.4) is 0 Å². The Morgan fingerprint density at radius 3 is 2.52 bits per heavy atom. The first-order valence-electron chi connectivity index (χ1n) is 6.82. The van der Waals surface area contributed by atoms with Crippen LogP contribution in [0.25, 0.3) is 0 Å². The molecule has 21 heavy (non-hydrogen) atoms. The van der Waals surface area contributed by atoms with Gasteiger partial charge in [0.05, 0.1) is 12.1 Å². The molecular formula is C14H18F4N2S. The molecule has 7 heteroatoms. The summed E-state index contributed by atoms with van der Waals surface area (Å²) < 4.78 is 50.7. The van der Waals surface area contributed by atoms with Crippen LogP contribution < -0.4 is 10.2 Å². The molecular weight excluding hydrogens is 304 g/mol. The number of piperazine rings is 1. The predicted molar refractivity (Wildman–Crippen MR) is 77.6 cm³/mol. The smallest absolute Gasteiger partial charge is 0.367 e. The molecule has 0 unspecified atom stereocenters. The van der Waals surface area contributed by atoms with Gasteiger partial charge in [-0.05, 0) is 24.6 Å². The Bertz CT molecular complexity index is 485. The number of hydrogen-bond acceptors (Lipinski definition) is 3. The minimum atomic E-state index is -4.15. The molecule has 0 atom stereocenters. The molecule has 2 nitrogen and oxygen atoms in total. The largest absolute Gasteiger partial charge is 0.389 e. The van der Waals surface area contributed by atoms with Crippen LogP contribution in [0.15, 0.2) is 17.0 Å². The van der Waals surface area contributed by atoms with Gasteiger partial charge in [-0.1, -0.05) is 0 Å². The van der Waals surface area contributed by atoms with Crippen molar-refractivity contribution in [3.8, 4) is 0 Å². The maximum Gasteiger partial charge on any atom is 0.389 e. The molecule has 1 saturated heterocycles. The molecule has 1 heterocycles. The molecule has 1 aromatic carbocycles. The lowest BCUT2D eigenvalue weighted by atomic mass is 10.2. The number of hydrogen-bond donors (Lipinski definition) is 1. The molecule has 0 spiro atoms. The Hall–Kier alpha value is -0.950. The van der Waals surface area contributed by atoms with Crippen molar-refractivity contribution in [2.75, 3.05) is 36.8 Å². The Morgan fingerprint density at radius 1 is 1.24 bits per heavy atom. The summed E-state index contributed by atoms with van der Waals surface area (Å²) in [5.41, 5.74) is 1.16. The SMILES string of the molecule is Cc1cc(F)c(N2CCNCC2)cc1SCCC(F)(F)F. The summed E-state index contributed by atoms with van der Waals surface area (Å²) in [6.07, 6.45) is -4.99. The number of anilines is 1. The fraction of sp³-hybridized carbons (Fsp3) is 0.571. The second-order valence-corrected chi connectivity index (χ2v) is 6.16. The molecule has 0 radical (unpaired) electrons. The van der Waals surface area contributed by atoms with E-state index in [9.17, 15) is 17.6 Å². The molecule has 1 aliphatic heterocycles. The molecule has 1 aliphatic rings. The quantitative estimate of drug-likeness (QED) is 0.674. The van der Waals surface area contributed by atoms with Gasteiger partial charge in [-0.2, -0.15) is 13.2 Å². The minimum Gasteiger partial charge on any atom is -0.367 e. The third kappa shape index (κ3) is 4.78. The number of nitrogens with zero attached hydrogens (tertiary/aromatic N) is 1. The highest BCUT2D eigenvalue weighted by molar-refractivity contribution is 7.99. The van der Waals surface area contributed by atoms with E-state index in [4.69, 9.17) is 0 Å². The van der Waals surface area contributed by atoms with Crippen LogP contribution in [0.5, 0.6) is 0 Å². The average Bonchev–Trinajstić information content (AvgIpc) is 2.41. The van der Waals surface area contributed by atoms with Crippen molar-refractivity contribution in [1.82, 2.24) is 5.32 Å². The van der Waals surface area contributed by atoms with Gasteiger partial charge in [0.1, 0.15) is 5.82 Å². The number of aryl methyl sites for hydroxylation is 1. The Kier molecular flexibility index (Phi) is 5.37. The maximum absolute atomic E-state index is 14.1. The summed E-state index contributed by atoms with van der Waals surface area (Å²) in [6, 6.07) is 3.09. The molecule has 2 rings (SSSR count). The maximum atomic E-state index is 14.1. The van der Waals surface area contributed by atoms with Crippen LogP contribution in [0.2, 0.25) is 0 Å². The third-order valence-corrected chi connectivity index (χ3v) is 4.50. The van der Waals surface area contributed by atoms with Crippen molar-refractivity contribution in [2.45, 2.75) is 24.4 Å². The van der Waals surface area contributed by atoms with Gasteiger partial charge in [-0.3, -0.25) is 0 Å². The highest BCUT2D eigenvalue weighted by Gasteiger charge is 2.26. The van der Waals surface area contributed by atoms with Crippen molar-refractivity contribution in [3.05, 3.63) is 23.5 Å². The van der Waals surface area contributed by atoms with Gasteiger partial charge in [0.25, 0.3) is 0 Å². The van der Waals surface area contributed by atoms with E-state index in [-0.39, 0.29) is 11.6 Å². The first-order valence-corrected chi connectivity index (χ1v) is 7.81. The van der Waals surface area contributed by atoms with E-state index in [1.807, 2.05) is 4.90 Å². The van der Waals surface area contributed by atoms with Crippen molar-refractivity contribution in [1.29, 1.82) is 0 Å². The van der Waals surface area contributed by atoms with Gasteiger partial charge in [0.2, 0.25) is 0 Å². The van der Waals surface area contributed by atoms with Crippen LogP contribution >= 0.6 is 11.8 Å². The average molecular weight is 322 g/mol.